The highest BCUT2D eigenvalue weighted by molar-refractivity contribution is 14.1. The Kier molecular flexibility index (Phi) is 4.61. The molecular weight excluding hydrogens is 307 g/mol. The number of hydrogen-bond donors (Lipinski definition) is 0. The van der Waals surface area contributed by atoms with Gasteiger partial charge in [-0.1, -0.05) is 18.2 Å². The number of carbonyl (C=O) groups excluding carboxylic acids is 1. The van der Waals surface area contributed by atoms with Crippen LogP contribution < -0.4 is 4.74 Å². The maximum Gasteiger partial charge on any atom is 0.347 e. The van der Waals surface area contributed by atoms with Crippen LogP contribution in [0.2, 0.25) is 0 Å². The summed E-state index contributed by atoms with van der Waals surface area (Å²) in [7, 11) is 1.34. The van der Waals surface area contributed by atoms with Crippen molar-refractivity contribution >= 4 is 28.6 Å². The third-order valence-corrected chi connectivity index (χ3v) is 2.89. The van der Waals surface area contributed by atoms with Crippen molar-refractivity contribution in [2.45, 2.75) is 6.92 Å². The average molecular weight is 318 g/mol. The van der Waals surface area contributed by atoms with E-state index in [0.717, 1.165) is 0 Å². The topological polar surface area (TPSA) is 35.5 Å². The van der Waals surface area contributed by atoms with Gasteiger partial charge in [-0.2, -0.15) is 0 Å². The van der Waals surface area contributed by atoms with Crippen molar-refractivity contribution in [1.29, 1.82) is 0 Å². The van der Waals surface area contributed by atoms with Gasteiger partial charge in [0, 0.05) is 0 Å². The number of carbonyl (C=O) groups is 1. The van der Waals surface area contributed by atoms with Crippen LogP contribution in [0.25, 0.3) is 0 Å². The summed E-state index contributed by atoms with van der Waals surface area (Å²) in [6, 6.07) is 9.29. The van der Waals surface area contributed by atoms with E-state index in [1.54, 1.807) is 6.92 Å². The van der Waals surface area contributed by atoms with E-state index in [1.165, 1.54) is 7.11 Å². The van der Waals surface area contributed by atoms with Crippen LogP contribution in [0.15, 0.2) is 39.7 Å². The molecule has 0 heterocycles. The third-order valence-electron chi connectivity index (χ3n) is 1.69. The molecule has 0 aliphatic carbocycles. The molecule has 3 nitrogen and oxygen atoms in total. The highest BCUT2D eigenvalue weighted by Crippen LogP contribution is 2.19. The predicted octanol–water partition coefficient (Wildman–Crippen LogP) is 2.90. The van der Waals surface area contributed by atoms with Crippen molar-refractivity contribution < 1.29 is 14.3 Å². The van der Waals surface area contributed by atoms with E-state index in [0.29, 0.717) is 15.1 Å². The van der Waals surface area contributed by atoms with Gasteiger partial charge >= 0.3 is 5.97 Å². The summed E-state index contributed by atoms with van der Waals surface area (Å²) >= 11 is 1.90. The van der Waals surface area contributed by atoms with E-state index in [1.807, 2.05) is 52.9 Å². The van der Waals surface area contributed by atoms with Crippen molar-refractivity contribution in [3.63, 3.8) is 0 Å². The van der Waals surface area contributed by atoms with E-state index in [4.69, 9.17) is 4.74 Å². The number of allylic oxidation sites excluding steroid dienone is 1. The number of methoxy groups -OCH3 is 1. The van der Waals surface area contributed by atoms with E-state index in [-0.39, 0.29) is 5.97 Å². The summed E-state index contributed by atoms with van der Waals surface area (Å²) in [6.45, 7) is 1.73. The van der Waals surface area contributed by atoms with Gasteiger partial charge in [-0.25, -0.2) is 4.79 Å². The molecule has 0 amide bonds. The minimum Gasteiger partial charge on any atom is -0.465 e. The third kappa shape index (κ3) is 3.54. The van der Waals surface area contributed by atoms with Crippen LogP contribution >= 0.6 is 22.6 Å². The van der Waals surface area contributed by atoms with Crippen LogP contribution in [-0.2, 0) is 9.53 Å². The molecule has 0 bridgehead atoms. The molecule has 0 saturated carbocycles. The first kappa shape index (κ1) is 12.0. The second kappa shape index (κ2) is 5.75. The second-order valence-electron chi connectivity index (χ2n) is 2.78. The molecule has 0 atom stereocenters. The molecule has 1 aromatic carbocycles. The van der Waals surface area contributed by atoms with Crippen molar-refractivity contribution in [1.82, 2.24) is 0 Å². The van der Waals surface area contributed by atoms with Crippen LogP contribution in [0.1, 0.15) is 6.92 Å². The standard InChI is InChI=1S/C11H11IO3/c1-8(10(12)11(13)14-2)15-9-6-4-3-5-7-9/h3-7H,1-2H3/b10-8-. The average Bonchev–Trinajstić information content (AvgIpc) is 2.28. The molecule has 1 rings (SSSR count). The van der Waals surface area contributed by atoms with Crippen LogP contribution in [0.3, 0.4) is 0 Å². The monoisotopic (exact) mass is 318 g/mol. The second-order valence-corrected chi connectivity index (χ2v) is 3.86. The zero-order chi connectivity index (χ0) is 11.3. The van der Waals surface area contributed by atoms with Gasteiger partial charge in [0.25, 0.3) is 0 Å². The summed E-state index contributed by atoms with van der Waals surface area (Å²) in [5.74, 6) is 0.853. The first-order valence-electron chi connectivity index (χ1n) is 4.32. The first-order valence-corrected chi connectivity index (χ1v) is 5.40. The van der Waals surface area contributed by atoms with Crippen LogP contribution in [0, 0.1) is 0 Å². The summed E-state index contributed by atoms with van der Waals surface area (Å²) in [6.07, 6.45) is 0. The lowest BCUT2D eigenvalue weighted by Gasteiger charge is -2.07. The van der Waals surface area contributed by atoms with Gasteiger partial charge in [0.1, 0.15) is 15.1 Å². The molecule has 0 aliphatic rings. The number of esters is 1. The molecule has 0 N–H and O–H groups in total. The Hall–Kier alpha value is -1.04. The van der Waals surface area contributed by atoms with Crippen LogP contribution in [0.5, 0.6) is 5.75 Å². The molecule has 0 unspecified atom stereocenters. The Morgan fingerprint density at radius 1 is 1.27 bits per heavy atom. The number of benzene rings is 1. The lowest BCUT2D eigenvalue weighted by Crippen LogP contribution is -2.04. The summed E-state index contributed by atoms with van der Waals surface area (Å²) in [5.41, 5.74) is 0. The first-order chi connectivity index (χ1) is 7.15. The quantitative estimate of drug-likeness (QED) is 0.372. The highest BCUT2D eigenvalue weighted by atomic mass is 127. The normalized spacial score (nSPS) is 11.7. The fourth-order valence-corrected chi connectivity index (χ4v) is 1.27. The molecule has 0 saturated heterocycles. The van der Waals surface area contributed by atoms with Gasteiger partial charge in [0.15, 0.2) is 0 Å². The Morgan fingerprint density at radius 3 is 2.40 bits per heavy atom. The SMILES string of the molecule is COC(=O)/C(I)=C(\C)Oc1ccccc1. The Bertz CT molecular complexity index is 371. The zero-order valence-corrected chi connectivity index (χ0v) is 10.6. The molecule has 0 radical (unpaired) electrons. The predicted molar refractivity (Wildman–Crippen MR) is 65.8 cm³/mol. The molecule has 80 valence electrons. The highest BCUT2D eigenvalue weighted by Gasteiger charge is 2.11. The van der Waals surface area contributed by atoms with Crippen molar-refractivity contribution in [3.8, 4) is 5.75 Å². The van der Waals surface area contributed by atoms with E-state index in [9.17, 15) is 4.79 Å². The van der Waals surface area contributed by atoms with E-state index >= 15 is 0 Å². The minimum atomic E-state index is -0.385. The summed E-state index contributed by atoms with van der Waals surface area (Å²) in [5, 5.41) is 0. The fraction of sp³-hybridized carbons (Fsp3) is 0.182. The van der Waals surface area contributed by atoms with Crippen molar-refractivity contribution in [2.75, 3.05) is 7.11 Å². The lowest BCUT2D eigenvalue weighted by molar-refractivity contribution is -0.135. The Morgan fingerprint density at radius 2 is 1.87 bits per heavy atom. The van der Waals surface area contributed by atoms with Gasteiger partial charge < -0.3 is 9.47 Å². The van der Waals surface area contributed by atoms with Gasteiger partial charge in [-0.05, 0) is 41.6 Å². The van der Waals surface area contributed by atoms with Crippen molar-refractivity contribution in [3.05, 3.63) is 39.7 Å². The molecular formula is C11H11IO3. The molecule has 0 aromatic heterocycles. The van der Waals surface area contributed by atoms with Crippen molar-refractivity contribution in [2.24, 2.45) is 0 Å². The number of ether oxygens (including phenoxy) is 2. The molecule has 15 heavy (non-hydrogen) atoms. The lowest BCUT2D eigenvalue weighted by atomic mass is 10.3. The van der Waals surface area contributed by atoms with E-state index in [2.05, 4.69) is 4.74 Å². The zero-order valence-electron chi connectivity index (χ0n) is 8.49. The molecule has 0 aliphatic heterocycles. The minimum absolute atomic E-state index is 0.385. The van der Waals surface area contributed by atoms with Gasteiger partial charge in [0.2, 0.25) is 0 Å². The smallest absolute Gasteiger partial charge is 0.347 e. The van der Waals surface area contributed by atoms with Gasteiger partial charge in [0.05, 0.1) is 7.11 Å². The number of para-hydroxylation sites is 1. The maximum absolute atomic E-state index is 11.2. The largest absolute Gasteiger partial charge is 0.465 e. The Labute approximate surface area is 102 Å². The maximum atomic E-state index is 11.2. The molecule has 0 spiro atoms. The number of hydrogen-bond acceptors (Lipinski definition) is 3. The number of halogens is 1. The van der Waals surface area contributed by atoms with E-state index < -0.39 is 0 Å². The number of rotatable bonds is 3. The molecule has 0 fully saturated rings. The van der Waals surface area contributed by atoms with Gasteiger partial charge in [-0.3, -0.25) is 0 Å². The van der Waals surface area contributed by atoms with Gasteiger partial charge in [-0.15, -0.1) is 0 Å². The van der Waals surface area contributed by atoms with Crippen LogP contribution in [0.4, 0.5) is 0 Å². The molecule has 1 aromatic rings. The summed E-state index contributed by atoms with van der Waals surface area (Å²) < 4.78 is 10.5. The Balaban J connectivity index is 2.78. The molecule has 4 heteroatoms. The van der Waals surface area contributed by atoms with Crippen LogP contribution in [-0.4, -0.2) is 13.1 Å². The fourth-order valence-electron chi connectivity index (χ4n) is 0.943. The summed E-state index contributed by atoms with van der Waals surface area (Å²) in [4.78, 5) is 11.2.